The number of aromatic nitrogens is 2. The first-order chi connectivity index (χ1) is 13.2. The molecule has 0 radical (unpaired) electrons. The van der Waals surface area contributed by atoms with Crippen LogP contribution in [0.4, 0.5) is 0 Å². The molecule has 0 atom stereocenters. The summed E-state index contributed by atoms with van der Waals surface area (Å²) >= 11 is 6.81. The fourth-order valence-electron chi connectivity index (χ4n) is 3.86. The molecule has 142 valence electrons. The molecule has 2 aromatic heterocycles. The van der Waals surface area contributed by atoms with Crippen LogP contribution in [0.25, 0.3) is 16.7 Å². The van der Waals surface area contributed by atoms with Gasteiger partial charge in [0.2, 0.25) is 0 Å². The molecule has 0 unspecified atom stereocenters. The maximum atomic E-state index is 9.72. The zero-order valence-electron chi connectivity index (χ0n) is 16.4. The number of hydrogen-bond donors (Lipinski definition) is 0. The first kappa shape index (κ1) is 19.7. The number of fused-ring (bicyclic) bond motifs is 3. The predicted molar refractivity (Wildman–Crippen MR) is 113 cm³/mol. The van der Waals surface area contributed by atoms with Gasteiger partial charge in [-0.1, -0.05) is 75.6 Å². The quantitative estimate of drug-likeness (QED) is 0.295. The third-order valence-electron chi connectivity index (χ3n) is 5.45. The molecule has 0 saturated carbocycles. The Bertz CT molecular complexity index is 965. The molecular formula is C23H28ClN3. The van der Waals surface area contributed by atoms with Crippen LogP contribution >= 0.6 is 11.6 Å². The Kier molecular flexibility index (Phi) is 6.74. The van der Waals surface area contributed by atoms with E-state index in [0.29, 0.717) is 16.4 Å². The lowest BCUT2D eigenvalue weighted by molar-refractivity contribution is 0.575. The van der Waals surface area contributed by atoms with Crippen molar-refractivity contribution in [2.45, 2.75) is 71.6 Å². The zero-order chi connectivity index (χ0) is 19.2. The molecule has 0 fully saturated rings. The number of para-hydroxylation sites is 2. The number of halogens is 1. The highest BCUT2D eigenvalue weighted by molar-refractivity contribution is 6.31. The van der Waals surface area contributed by atoms with E-state index >= 15 is 0 Å². The third-order valence-corrected chi connectivity index (χ3v) is 5.85. The van der Waals surface area contributed by atoms with Crippen molar-refractivity contribution in [3.8, 4) is 6.07 Å². The van der Waals surface area contributed by atoms with Crippen molar-refractivity contribution in [3.63, 3.8) is 0 Å². The zero-order valence-corrected chi connectivity index (χ0v) is 17.1. The van der Waals surface area contributed by atoms with Crippen molar-refractivity contribution >= 4 is 28.3 Å². The molecule has 0 bridgehead atoms. The Hall–Kier alpha value is -2.05. The van der Waals surface area contributed by atoms with E-state index in [-0.39, 0.29) is 0 Å². The number of unbranched alkanes of at least 4 members (excludes halogenated alkanes) is 7. The highest BCUT2D eigenvalue weighted by Gasteiger charge is 2.19. The van der Waals surface area contributed by atoms with E-state index < -0.39 is 0 Å². The number of pyridine rings is 1. The molecule has 3 nitrogen and oxygen atoms in total. The van der Waals surface area contributed by atoms with Crippen LogP contribution in [0.1, 0.15) is 75.0 Å². The van der Waals surface area contributed by atoms with Crippen LogP contribution in [0, 0.1) is 18.3 Å². The molecule has 0 N–H and O–H groups in total. The standard InChI is InChI=1S/C23H28ClN3/c1-3-4-5-6-7-8-9-10-13-18-17(2)19(16-25)23-26-20-14-11-12-15-21(20)27(23)22(18)24/h11-12,14-15H,3-10,13H2,1-2H3. The smallest absolute Gasteiger partial charge is 0.157 e. The number of hydrogen-bond acceptors (Lipinski definition) is 2. The summed E-state index contributed by atoms with van der Waals surface area (Å²) in [5.41, 5.74) is 5.22. The lowest BCUT2D eigenvalue weighted by atomic mass is 9.99. The Morgan fingerprint density at radius 1 is 1.04 bits per heavy atom. The van der Waals surface area contributed by atoms with E-state index in [1.165, 1.54) is 44.9 Å². The second-order valence-corrected chi connectivity index (χ2v) is 7.72. The van der Waals surface area contributed by atoms with Crippen LogP contribution in [-0.4, -0.2) is 9.38 Å². The molecule has 1 aromatic carbocycles. The molecule has 0 spiro atoms. The maximum absolute atomic E-state index is 9.72. The van der Waals surface area contributed by atoms with Crippen molar-refractivity contribution in [1.29, 1.82) is 5.26 Å². The van der Waals surface area contributed by atoms with Crippen molar-refractivity contribution in [3.05, 3.63) is 46.1 Å². The molecule has 0 aliphatic carbocycles. The third kappa shape index (κ3) is 4.12. The second-order valence-electron chi connectivity index (χ2n) is 7.37. The molecule has 0 aliphatic heterocycles. The molecular weight excluding hydrogens is 354 g/mol. The molecule has 27 heavy (non-hydrogen) atoms. The maximum Gasteiger partial charge on any atom is 0.157 e. The summed E-state index contributed by atoms with van der Waals surface area (Å²) < 4.78 is 1.95. The van der Waals surface area contributed by atoms with Gasteiger partial charge in [-0.25, -0.2) is 4.98 Å². The fraction of sp³-hybridized carbons (Fsp3) is 0.478. The van der Waals surface area contributed by atoms with E-state index in [4.69, 9.17) is 11.6 Å². The van der Waals surface area contributed by atoms with Crippen LogP contribution in [0.15, 0.2) is 24.3 Å². The summed E-state index contributed by atoms with van der Waals surface area (Å²) in [6, 6.07) is 10.3. The average molecular weight is 382 g/mol. The van der Waals surface area contributed by atoms with Gasteiger partial charge >= 0.3 is 0 Å². The Labute approximate surface area is 167 Å². The van der Waals surface area contributed by atoms with Crippen LogP contribution in [0.3, 0.4) is 0 Å². The van der Waals surface area contributed by atoms with Gasteiger partial charge in [0, 0.05) is 0 Å². The van der Waals surface area contributed by atoms with Crippen LogP contribution < -0.4 is 0 Å². The summed E-state index contributed by atoms with van der Waals surface area (Å²) in [6.07, 6.45) is 11.2. The minimum atomic E-state index is 0.644. The normalized spacial score (nSPS) is 11.3. The average Bonchev–Trinajstić information content (AvgIpc) is 3.06. The van der Waals surface area contributed by atoms with Gasteiger partial charge in [-0.05, 0) is 43.0 Å². The van der Waals surface area contributed by atoms with Gasteiger partial charge in [-0.3, -0.25) is 4.40 Å². The molecule has 0 aliphatic rings. The van der Waals surface area contributed by atoms with Crippen LogP contribution in [-0.2, 0) is 6.42 Å². The predicted octanol–water partition coefficient (Wildman–Crippen LogP) is 7.00. The SMILES string of the molecule is CCCCCCCCCCc1c(C)c(C#N)c2nc3ccccc3n2c1Cl. The highest BCUT2D eigenvalue weighted by Crippen LogP contribution is 2.31. The first-order valence-corrected chi connectivity index (χ1v) is 10.5. The fourth-order valence-corrected chi connectivity index (χ4v) is 4.27. The lowest BCUT2D eigenvalue weighted by Crippen LogP contribution is -2.03. The van der Waals surface area contributed by atoms with Crippen LogP contribution in [0.2, 0.25) is 5.15 Å². The van der Waals surface area contributed by atoms with E-state index in [1.807, 2.05) is 35.6 Å². The van der Waals surface area contributed by atoms with E-state index in [1.54, 1.807) is 0 Å². The number of benzene rings is 1. The van der Waals surface area contributed by atoms with Crippen molar-refractivity contribution in [2.75, 3.05) is 0 Å². The van der Waals surface area contributed by atoms with Gasteiger partial charge in [0.25, 0.3) is 0 Å². The Balaban J connectivity index is 1.79. The molecule has 3 aromatic rings. The van der Waals surface area contributed by atoms with Gasteiger partial charge in [0.1, 0.15) is 11.2 Å². The topological polar surface area (TPSA) is 41.1 Å². The monoisotopic (exact) mass is 381 g/mol. The van der Waals surface area contributed by atoms with Gasteiger partial charge in [0.15, 0.2) is 5.65 Å². The van der Waals surface area contributed by atoms with Gasteiger partial charge in [-0.2, -0.15) is 5.26 Å². The molecule has 3 rings (SSSR count). The number of nitriles is 1. The summed E-state index contributed by atoms with van der Waals surface area (Å²) in [5, 5.41) is 10.4. The molecule has 4 heteroatoms. The van der Waals surface area contributed by atoms with E-state index in [2.05, 4.69) is 18.0 Å². The van der Waals surface area contributed by atoms with Crippen molar-refractivity contribution in [1.82, 2.24) is 9.38 Å². The largest absolute Gasteiger partial charge is 0.281 e. The number of imidazole rings is 1. The van der Waals surface area contributed by atoms with Crippen molar-refractivity contribution < 1.29 is 0 Å². The van der Waals surface area contributed by atoms with Crippen LogP contribution in [0.5, 0.6) is 0 Å². The van der Waals surface area contributed by atoms with Crippen molar-refractivity contribution in [2.24, 2.45) is 0 Å². The molecule has 0 saturated heterocycles. The Morgan fingerprint density at radius 2 is 1.70 bits per heavy atom. The Morgan fingerprint density at radius 3 is 2.41 bits per heavy atom. The number of rotatable bonds is 9. The first-order valence-electron chi connectivity index (χ1n) is 10.2. The minimum Gasteiger partial charge on any atom is -0.281 e. The van der Waals surface area contributed by atoms with Gasteiger partial charge in [0.05, 0.1) is 16.6 Å². The highest BCUT2D eigenvalue weighted by atomic mass is 35.5. The van der Waals surface area contributed by atoms with E-state index in [0.717, 1.165) is 35.0 Å². The number of nitrogens with zero attached hydrogens (tertiary/aromatic N) is 3. The van der Waals surface area contributed by atoms with Gasteiger partial charge < -0.3 is 0 Å². The second kappa shape index (κ2) is 9.24. The van der Waals surface area contributed by atoms with E-state index in [9.17, 15) is 5.26 Å². The molecule has 2 heterocycles. The molecule has 0 amide bonds. The minimum absolute atomic E-state index is 0.644. The summed E-state index contributed by atoms with van der Waals surface area (Å²) in [5.74, 6) is 0. The van der Waals surface area contributed by atoms with Gasteiger partial charge in [-0.15, -0.1) is 0 Å². The summed E-state index contributed by atoms with van der Waals surface area (Å²) in [7, 11) is 0. The summed E-state index contributed by atoms with van der Waals surface area (Å²) in [6.45, 7) is 4.26. The summed E-state index contributed by atoms with van der Waals surface area (Å²) in [4.78, 5) is 4.65. The lowest BCUT2D eigenvalue weighted by Gasteiger charge is -2.13.